The molecule has 1 aromatic heterocycles. The van der Waals surface area contributed by atoms with Crippen molar-refractivity contribution in [2.75, 3.05) is 13.1 Å². The lowest BCUT2D eigenvalue weighted by Gasteiger charge is -2.20. The topological polar surface area (TPSA) is 40.7 Å². The minimum Gasteiger partial charge on any atom is -0.317 e. The molecular weight excluding hydrogens is 270 g/mol. The van der Waals surface area contributed by atoms with Crippen LogP contribution < -0.4 is 5.32 Å². The van der Waals surface area contributed by atoms with Crippen LogP contribution in [0.15, 0.2) is 42.0 Å². The number of piperidine rings is 1. The van der Waals surface area contributed by atoms with E-state index in [1.807, 2.05) is 18.2 Å². The molecule has 0 atom stereocenters. The summed E-state index contributed by atoms with van der Waals surface area (Å²) in [7, 11) is 0. The van der Waals surface area contributed by atoms with Gasteiger partial charge in [0.1, 0.15) is 0 Å². The fourth-order valence-corrected chi connectivity index (χ4v) is 2.55. The lowest BCUT2D eigenvalue weighted by atomic mass is 9.94. The third-order valence-electron chi connectivity index (χ3n) is 3.50. The molecule has 0 unspecified atom stereocenters. The summed E-state index contributed by atoms with van der Waals surface area (Å²) >= 11 is 6.05. The zero-order valence-electron chi connectivity index (χ0n) is 11.7. The number of nitrogens with one attached hydrogen (secondary N) is 2. The highest BCUT2D eigenvalue weighted by atomic mass is 35.5. The Kier molecular flexibility index (Phi) is 6.09. The summed E-state index contributed by atoms with van der Waals surface area (Å²) in [6, 6.07) is 2.18. The smallest absolute Gasteiger partial charge is 0.0656 e. The van der Waals surface area contributed by atoms with Gasteiger partial charge in [-0.15, -0.1) is 6.58 Å². The van der Waals surface area contributed by atoms with Gasteiger partial charge in [0.05, 0.1) is 5.69 Å². The van der Waals surface area contributed by atoms with Gasteiger partial charge in [-0.05, 0) is 44.5 Å². The number of hydrogen-bond donors (Lipinski definition) is 2. The van der Waals surface area contributed by atoms with E-state index in [0.717, 1.165) is 36.7 Å². The molecule has 3 nitrogen and oxygen atoms in total. The van der Waals surface area contributed by atoms with Crippen LogP contribution in [-0.4, -0.2) is 23.3 Å². The molecule has 2 rings (SSSR count). The summed E-state index contributed by atoms with van der Waals surface area (Å²) in [5.41, 5.74) is 2.34. The number of aromatic nitrogens is 2. The minimum atomic E-state index is 0.598. The van der Waals surface area contributed by atoms with E-state index in [0.29, 0.717) is 5.92 Å². The van der Waals surface area contributed by atoms with E-state index < -0.39 is 0 Å². The standard InChI is InChI=1S/C16H22ClN3/c1-2-3-5-14(17)6-4-7-15-12-16(20-19-15)13-8-10-18-11-9-13/h2,4-6,12-13,18H,1,3,7-11H2,(H,19,20)/b6-4-,14-5+. The van der Waals surface area contributed by atoms with Crippen molar-refractivity contribution in [3.8, 4) is 0 Å². The molecule has 0 bridgehead atoms. The van der Waals surface area contributed by atoms with E-state index in [4.69, 9.17) is 11.6 Å². The summed E-state index contributed by atoms with van der Waals surface area (Å²) in [5.74, 6) is 0.598. The highest BCUT2D eigenvalue weighted by Gasteiger charge is 2.17. The highest BCUT2D eigenvalue weighted by Crippen LogP contribution is 2.23. The van der Waals surface area contributed by atoms with Crippen molar-refractivity contribution in [1.29, 1.82) is 0 Å². The van der Waals surface area contributed by atoms with E-state index >= 15 is 0 Å². The molecule has 0 spiro atoms. The van der Waals surface area contributed by atoms with Crippen molar-refractivity contribution < 1.29 is 0 Å². The molecular formula is C16H22ClN3. The second-order valence-corrected chi connectivity index (χ2v) is 5.50. The largest absolute Gasteiger partial charge is 0.317 e. The Balaban J connectivity index is 1.86. The number of nitrogens with zero attached hydrogens (tertiary/aromatic N) is 1. The second kappa shape index (κ2) is 8.08. The van der Waals surface area contributed by atoms with Crippen LogP contribution in [-0.2, 0) is 6.42 Å². The number of aromatic amines is 1. The quantitative estimate of drug-likeness (QED) is 0.620. The van der Waals surface area contributed by atoms with Gasteiger partial charge in [-0.3, -0.25) is 5.10 Å². The molecule has 108 valence electrons. The molecule has 4 heteroatoms. The zero-order chi connectivity index (χ0) is 14.2. The van der Waals surface area contributed by atoms with Crippen molar-refractivity contribution in [3.63, 3.8) is 0 Å². The van der Waals surface area contributed by atoms with E-state index in [9.17, 15) is 0 Å². The average molecular weight is 292 g/mol. The fourth-order valence-electron chi connectivity index (χ4n) is 2.37. The van der Waals surface area contributed by atoms with Gasteiger partial charge < -0.3 is 5.32 Å². The van der Waals surface area contributed by atoms with Gasteiger partial charge in [0, 0.05) is 23.1 Å². The molecule has 1 aromatic rings. The van der Waals surface area contributed by atoms with Gasteiger partial charge in [-0.1, -0.05) is 29.8 Å². The van der Waals surface area contributed by atoms with Gasteiger partial charge in [0.2, 0.25) is 0 Å². The lowest BCUT2D eigenvalue weighted by molar-refractivity contribution is 0.453. The first-order chi connectivity index (χ1) is 9.79. The molecule has 0 radical (unpaired) electrons. The third-order valence-corrected chi connectivity index (χ3v) is 3.78. The zero-order valence-corrected chi connectivity index (χ0v) is 12.5. The van der Waals surface area contributed by atoms with Crippen molar-refractivity contribution in [2.24, 2.45) is 0 Å². The van der Waals surface area contributed by atoms with E-state index in [1.165, 1.54) is 18.5 Å². The Hall–Kier alpha value is -1.32. The summed E-state index contributed by atoms with van der Waals surface area (Å²) < 4.78 is 0. The third kappa shape index (κ3) is 4.66. The predicted octanol–water partition coefficient (Wildman–Crippen LogP) is 3.67. The van der Waals surface area contributed by atoms with Crippen LogP contribution in [0.5, 0.6) is 0 Å². The minimum absolute atomic E-state index is 0.598. The van der Waals surface area contributed by atoms with Gasteiger partial charge in [-0.2, -0.15) is 5.10 Å². The van der Waals surface area contributed by atoms with Gasteiger partial charge >= 0.3 is 0 Å². The maximum Gasteiger partial charge on any atom is 0.0656 e. The Morgan fingerprint density at radius 1 is 1.45 bits per heavy atom. The molecule has 2 N–H and O–H groups in total. The number of H-pyrrole nitrogens is 1. The number of rotatable bonds is 6. The van der Waals surface area contributed by atoms with Crippen LogP contribution >= 0.6 is 11.6 Å². The van der Waals surface area contributed by atoms with Gasteiger partial charge in [0.25, 0.3) is 0 Å². The summed E-state index contributed by atoms with van der Waals surface area (Å²) in [4.78, 5) is 0. The van der Waals surface area contributed by atoms with Crippen molar-refractivity contribution >= 4 is 11.6 Å². The van der Waals surface area contributed by atoms with Crippen LogP contribution in [0.4, 0.5) is 0 Å². The van der Waals surface area contributed by atoms with Gasteiger partial charge in [-0.25, -0.2) is 0 Å². The van der Waals surface area contributed by atoms with Gasteiger partial charge in [0.15, 0.2) is 0 Å². The lowest BCUT2D eigenvalue weighted by Crippen LogP contribution is -2.26. The van der Waals surface area contributed by atoms with Crippen LogP contribution in [0, 0.1) is 0 Å². The first-order valence-electron chi connectivity index (χ1n) is 7.17. The summed E-state index contributed by atoms with van der Waals surface area (Å²) in [6.45, 7) is 5.85. The highest BCUT2D eigenvalue weighted by molar-refractivity contribution is 6.31. The van der Waals surface area contributed by atoms with E-state index in [-0.39, 0.29) is 0 Å². The predicted molar refractivity (Wildman–Crippen MR) is 85.0 cm³/mol. The van der Waals surface area contributed by atoms with Crippen LogP contribution in [0.2, 0.25) is 0 Å². The molecule has 0 amide bonds. The molecule has 2 heterocycles. The first-order valence-corrected chi connectivity index (χ1v) is 7.55. The molecule has 1 saturated heterocycles. The monoisotopic (exact) mass is 291 g/mol. The summed E-state index contributed by atoms with van der Waals surface area (Å²) in [6.07, 6.45) is 11.7. The molecule has 1 aliphatic heterocycles. The second-order valence-electron chi connectivity index (χ2n) is 5.06. The Labute approximate surface area is 125 Å². The maximum absolute atomic E-state index is 6.05. The van der Waals surface area contributed by atoms with Crippen molar-refractivity contribution in [2.45, 2.75) is 31.6 Å². The van der Waals surface area contributed by atoms with Crippen LogP contribution in [0.1, 0.15) is 36.6 Å². The molecule has 0 saturated carbocycles. The molecule has 0 aromatic carbocycles. The number of hydrogen-bond acceptors (Lipinski definition) is 2. The average Bonchev–Trinajstić information content (AvgIpc) is 2.95. The van der Waals surface area contributed by atoms with E-state index in [2.05, 4.69) is 34.2 Å². The fraction of sp³-hybridized carbons (Fsp3) is 0.438. The van der Waals surface area contributed by atoms with Crippen molar-refractivity contribution in [3.05, 3.63) is 53.4 Å². The molecule has 1 fully saturated rings. The number of allylic oxidation sites excluding steroid dienone is 5. The molecule has 0 aliphatic carbocycles. The Morgan fingerprint density at radius 3 is 3.00 bits per heavy atom. The van der Waals surface area contributed by atoms with E-state index in [1.54, 1.807) is 0 Å². The molecule has 20 heavy (non-hydrogen) atoms. The number of halogens is 1. The van der Waals surface area contributed by atoms with Crippen LogP contribution in [0.3, 0.4) is 0 Å². The normalized spacial score (nSPS) is 17.8. The Morgan fingerprint density at radius 2 is 2.25 bits per heavy atom. The SMILES string of the molecule is C=CC/C=C(Cl)\C=C/Cc1cc(C2CCNCC2)n[nH]1. The van der Waals surface area contributed by atoms with Crippen molar-refractivity contribution in [1.82, 2.24) is 15.5 Å². The molecule has 1 aliphatic rings. The summed E-state index contributed by atoms with van der Waals surface area (Å²) in [5, 5.41) is 11.7. The van der Waals surface area contributed by atoms with Crippen LogP contribution in [0.25, 0.3) is 0 Å². The first kappa shape index (κ1) is 15.1. The Bertz CT molecular complexity index is 482. The maximum atomic E-state index is 6.05.